The van der Waals surface area contributed by atoms with Gasteiger partial charge in [-0.15, -0.1) is 0 Å². The maximum atomic E-state index is 12.8. The van der Waals surface area contributed by atoms with Crippen molar-refractivity contribution in [3.63, 3.8) is 0 Å². The van der Waals surface area contributed by atoms with Crippen LogP contribution in [0.2, 0.25) is 0 Å². The van der Waals surface area contributed by atoms with E-state index in [0.29, 0.717) is 11.5 Å². The van der Waals surface area contributed by atoms with Gasteiger partial charge >= 0.3 is 6.18 Å². The van der Waals surface area contributed by atoms with Crippen molar-refractivity contribution in [1.29, 1.82) is 0 Å². The van der Waals surface area contributed by atoms with E-state index in [4.69, 9.17) is 0 Å². The Hall–Kier alpha value is -2.11. The van der Waals surface area contributed by atoms with E-state index in [9.17, 15) is 18.0 Å². The molecule has 0 saturated heterocycles. The lowest BCUT2D eigenvalue weighted by atomic mass is 9.78. The summed E-state index contributed by atoms with van der Waals surface area (Å²) < 4.78 is 38.3. The van der Waals surface area contributed by atoms with Gasteiger partial charge in [-0.05, 0) is 24.3 Å². The number of H-pyrrole nitrogens is 1. The molecule has 1 aliphatic rings. The molecule has 0 atom stereocenters. The number of hydrogen-bond acceptors (Lipinski definition) is 2. The molecule has 0 unspecified atom stereocenters. The topological polar surface area (TPSA) is 45.8 Å². The molecule has 3 nitrogen and oxygen atoms in total. The molecule has 1 aromatic heterocycles. The zero-order valence-corrected chi connectivity index (χ0v) is 11.1. The van der Waals surface area contributed by atoms with Crippen LogP contribution in [0.25, 0.3) is 11.3 Å². The number of hydrogen-bond donors (Lipinski definition) is 1. The molecule has 1 heterocycles. The van der Waals surface area contributed by atoms with E-state index in [0.717, 1.165) is 30.9 Å². The molecule has 6 heteroatoms. The maximum Gasteiger partial charge on any atom is 0.449 e. The van der Waals surface area contributed by atoms with Gasteiger partial charge in [0.25, 0.3) is 5.56 Å². The maximum absolute atomic E-state index is 12.8. The van der Waals surface area contributed by atoms with Crippen LogP contribution in [0.1, 0.15) is 36.6 Å². The van der Waals surface area contributed by atoms with E-state index in [1.165, 1.54) is 0 Å². The molecule has 110 valence electrons. The van der Waals surface area contributed by atoms with Crippen LogP contribution >= 0.6 is 0 Å². The Morgan fingerprint density at radius 3 is 2.52 bits per heavy atom. The van der Waals surface area contributed by atoms with E-state index >= 15 is 0 Å². The molecule has 21 heavy (non-hydrogen) atoms. The van der Waals surface area contributed by atoms with Crippen molar-refractivity contribution in [2.75, 3.05) is 0 Å². The zero-order valence-electron chi connectivity index (χ0n) is 11.1. The molecular formula is C15H13F3N2O. The molecule has 1 aliphatic carbocycles. The molecular weight excluding hydrogens is 281 g/mol. The molecule has 0 radical (unpaired) electrons. The molecule has 0 amide bonds. The van der Waals surface area contributed by atoms with Crippen LogP contribution < -0.4 is 5.56 Å². The third-order valence-corrected chi connectivity index (χ3v) is 3.79. The Balaban J connectivity index is 2.13. The van der Waals surface area contributed by atoms with Gasteiger partial charge < -0.3 is 4.98 Å². The molecule has 2 aromatic rings. The summed E-state index contributed by atoms with van der Waals surface area (Å²) in [6.07, 6.45) is -1.51. The Morgan fingerprint density at radius 1 is 1.19 bits per heavy atom. The van der Waals surface area contributed by atoms with E-state index in [1.807, 2.05) is 12.1 Å². The van der Waals surface area contributed by atoms with Gasteiger partial charge in [-0.25, -0.2) is 4.98 Å². The highest BCUT2D eigenvalue weighted by Gasteiger charge is 2.34. The highest BCUT2D eigenvalue weighted by Crippen LogP contribution is 2.40. The van der Waals surface area contributed by atoms with Crippen LogP contribution in [-0.4, -0.2) is 9.97 Å². The Morgan fingerprint density at radius 2 is 1.90 bits per heavy atom. The van der Waals surface area contributed by atoms with Crippen molar-refractivity contribution in [3.8, 4) is 11.3 Å². The van der Waals surface area contributed by atoms with E-state index in [2.05, 4.69) is 4.98 Å². The zero-order chi connectivity index (χ0) is 15.0. The second-order valence-electron chi connectivity index (χ2n) is 5.19. The summed E-state index contributed by atoms with van der Waals surface area (Å²) in [6, 6.07) is 8.33. The van der Waals surface area contributed by atoms with Crippen LogP contribution in [0, 0.1) is 0 Å². The number of alkyl halides is 3. The molecule has 1 saturated carbocycles. The minimum atomic E-state index is -4.67. The number of rotatable bonds is 2. The fraction of sp³-hybridized carbons (Fsp3) is 0.333. The Labute approximate surface area is 118 Å². The van der Waals surface area contributed by atoms with Crippen molar-refractivity contribution in [2.45, 2.75) is 31.4 Å². The van der Waals surface area contributed by atoms with Crippen LogP contribution in [0.15, 0.2) is 35.1 Å². The lowest BCUT2D eigenvalue weighted by Gasteiger charge is -2.27. The van der Waals surface area contributed by atoms with Crippen LogP contribution in [-0.2, 0) is 6.18 Å². The second-order valence-corrected chi connectivity index (χ2v) is 5.19. The van der Waals surface area contributed by atoms with Gasteiger partial charge in [-0.1, -0.05) is 30.7 Å². The van der Waals surface area contributed by atoms with Crippen molar-refractivity contribution >= 4 is 0 Å². The first-order valence-corrected chi connectivity index (χ1v) is 6.73. The highest BCUT2D eigenvalue weighted by atomic mass is 19.4. The summed E-state index contributed by atoms with van der Waals surface area (Å²) in [5, 5.41) is 0. The lowest BCUT2D eigenvalue weighted by molar-refractivity contribution is -0.145. The Kier molecular flexibility index (Phi) is 3.31. The van der Waals surface area contributed by atoms with Crippen molar-refractivity contribution < 1.29 is 13.2 Å². The predicted octanol–water partition coefficient (Wildman–Crippen LogP) is 3.72. The average molecular weight is 294 g/mol. The van der Waals surface area contributed by atoms with Gasteiger partial charge in [-0.2, -0.15) is 13.2 Å². The smallest absolute Gasteiger partial charge is 0.303 e. The SMILES string of the molecule is O=c1cc(-c2ccccc2C2CCC2)nc(C(F)(F)F)[nH]1. The van der Waals surface area contributed by atoms with E-state index in [-0.39, 0.29) is 5.69 Å². The van der Waals surface area contributed by atoms with Crippen molar-refractivity contribution in [2.24, 2.45) is 0 Å². The van der Waals surface area contributed by atoms with Crippen LogP contribution in [0.3, 0.4) is 0 Å². The molecule has 3 rings (SSSR count). The minimum Gasteiger partial charge on any atom is -0.303 e. The van der Waals surface area contributed by atoms with Crippen LogP contribution in [0.4, 0.5) is 13.2 Å². The standard InChI is InChI=1S/C15H13F3N2O/c16-15(17,18)14-19-12(8-13(21)20-14)11-7-2-1-6-10(11)9-4-3-5-9/h1-2,6-9H,3-5H2,(H,19,20,21). The van der Waals surface area contributed by atoms with Gasteiger partial charge in [0.05, 0.1) is 5.69 Å². The van der Waals surface area contributed by atoms with Gasteiger partial charge in [0, 0.05) is 11.6 Å². The van der Waals surface area contributed by atoms with E-state index < -0.39 is 17.6 Å². The lowest BCUT2D eigenvalue weighted by Crippen LogP contribution is -2.19. The van der Waals surface area contributed by atoms with Gasteiger partial charge in [-0.3, -0.25) is 4.79 Å². The molecule has 0 spiro atoms. The second kappa shape index (κ2) is 5.02. The summed E-state index contributed by atoms with van der Waals surface area (Å²) in [5.41, 5.74) is 0.859. The molecule has 1 fully saturated rings. The summed E-state index contributed by atoms with van der Waals surface area (Å²) in [4.78, 5) is 16.8. The van der Waals surface area contributed by atoms with Crippen molar-refractivity contribution in [3.05, 3.63) is 52.1 Å². The third-order valence-electron chi connectivity index (χ3n) is 3.79. The summed E-state index contributed by atoms with van der Waals surface area (Å²) in [7, 11) is 0. The molecule has 1 N–H and O–H groups in total. The minimum absolute atomic E-state index is 0.0774. The number of nitrogens with one attached hydrogen (secondary N) is 1. The average Bonchev–Trinajstić information content (AvgIpc) is 2.35. The summed E-state index contributed by atoms with van der Waals surface area (Å²) in [5.74, 6) is -0.912. The highest BCUT2D eigenvalue weighted by molar-refractivity contribution is 5.64. The van der Waals surface area contributed by atoms with Gasteiger partial charge in [0.1, 0.15) is 0 Å². The number of aromatic amines is 1. The van der Waals surface area contributed by atoms with Crippen molar-refractivity contribution in [1.82, 2.24) is 9.97 Å². The number of nitrogens with zero attached hydrogens (tertiary/aromatic N) is 1. The van der Waals surface area contributed by atoms with E-state index in [1.54, 1.807) is 17.1 Å². The fourth-order valence-corrected chi connectivity index (χ4v) is 2.54. The first-order chi connectivity index (χ1) is 9.95. The Bertz CT molecular complexity index is 717. The number of benzene rings is 1. The summed E-state index contributed by atoms with van der Waals surface area (Å²) >= 11 is 0. The van der Waals surface area contributed by atoms with Crippen LogP contribution in [0.5, 0.6) is 0 Å². The first kappa shape index (κ1) is 13.9. The number of halogens is 3. The fourth-order valence-electron chi connectivity index (χ4n) is 2.54. The molecule has 0 bridgehead atoms. The van der Waals surface area contributed by atoms with Gasteiger partial charge in [0.15, 0.2) is 0 Å². The summed E-state index contributed by atoms with van der Waals surface area (Å²) in [6.45, 7) is 0. The predicted molar refractivity (Wildman–Crippen MR) is 71.9 cm³/mol. The normalized spacial score (nSPS) is 15.8. The third kappa shape index (κ3) is 2.70. The monoisotopic (exact) mass is 294 g/mol. The van der Waals surface area contributed by atoms with Gasteiger partial charge in [0.2, 0.25) is 5.82 Å². The molecule has 1 aromatic carbocycles. The quantitative estimate of drug-likeness (QED) is 0.917. The largest absolute Gasteiger partial charge is 0.449 e. The molecule has 0 aliphatic heterocycles. The number of aromatic nitrogens is 2. The first-order valence-electron chi connectivity index (χ1n) is 6.73.